The summed E-state index contributed by atoms with van der Waals surface area (Å²) in [6.45, 7) is 1.26. The zero-order valence-electron chi connectivity index (χ0n) is 13.5. The lowest BCUT2D eigenvalue weighted by atomic mass is 9.96. The van der Waals surface area contributed by atoms with Crippen LogP contribution < -0.4 is 5.32 Å². The summed E-state index contributed by atoms with van der Waals surface area (Å²) >= 11 is 0. The van der Waals surface area contributed by atoms with Crippen LogP contribution in [0.1, 0.15) is 18.1 Å². The van der Waals surface area contributed by atoms with Crippen molar-refractivity contribution in [3.05, 3.63) is 77.9 Å². The molecule has 0 aliphatic rings. The van der Waals surface area contributed by atoms with Crippen molar-refractivity contribution in [3.63, 3.8) is 0 Å². The maximum atomic E-state index is 13.2. The second-order valence-corrected chi connectivity index (χ2v) is 5.78. The van der Waals surface area contributed by atoms with Crippen molar-refractivity contribution in [2.75, 3.05) is 6.54 Å². The molecule has 2 aromatic carbocycles. The van der Waals surface area contributed by atoms with Crippen LogP contribution in [-0.2, 0) is 10.4 Å². The Morgan fingerprint density at radius 2 is 1.56 bits per heavy atom. The van der Waals surface area contributed by atoms with E-state index in [9.17, 15) is 23.1 Å². The van der Waals surface area contributed by atoms with Gasteiger partial charge in [0.2, 0.25) is 5.91 Å². The molecule has 0 bridgehead atoms. The third kappa shape index (κ3) is 5.19. The third-order valence-electron chi connectivity index (χ3n) is 3.67. The van der Waals surface area contributed by atoms with E-state index >= 15 is 0 Å². The second-order valence-electron chi connectivity index (χ2n) is 5.78. The summed E-state index contributed by atoms with van der Waals surface area (Å²) in [7, 11) is 0. The molecular formula is C19H18F3NO2. The molecule has 2 N–H and O–H groups in total. The molecule has 2 aromatic rings. The first-order valence-corrected chi connectivity index (χ1v) is 7.60. The summed E-state index contributed by atoms with van der Waals surface area (Å²) in [6.07, 6.45) is -4.16. The summed E-state index contributed by atoms with van der Waals surface area (Å²) in [5, 5.41) is 12.7. The minimum absolute atomic E-state index is 0.0973. The fourth-order valence-corrected chi connectivity index (χ4v) is 2.29. The molecule has 0 aromatic heterocycles. The molecule has 0 aliphatic heterocycles. The van der Waals surface area contributed by atoms with Gasteiger partial charge in [-0.3, -0.25) is 4.79 Å². The van der Waals surface area contributed by atoms with Crippen molar-refractivity contribution in [1.82, 2.24) is 5.32 Å². The number of carbonyl (C=O) groups excluding carboxylic acids is 1. The summed E-state index contributed by atoms with van der Waals surface area (Å²) in [6, 6.07) is 15.7. The zero-order valence-corrected chi connectivity index (χ0v) is 13.5. The number of carbonyl (C=O) groups is 1. The van der Waals surface area contributed by atoms with Crippen molar-refractivity contribution in [3.8, 4) is 0 Å². The van der Waals surface area contributed by atoms with Crippen molar-refractivity contribution >= 4 is 11.5 Å². The fourth-order valence-electron chi connectivity index (χ4n) is 2.29. The number of benzene rings is 2. The molecular weight excluding hydrogens is 331 g/mol. The third-order valence-corrected chi connectivity index (χ3v) is 3.67. The minimum atomic E-state index is -4.67. The zero-order chi connectivity index (χ0) is 18.5. The maximum Gasteiger partial charge on any atom is 0.417 e. The lowest BCUT2D eigenvalue weighted by Crippen LogP contribution is -2.38. The summed E-state index contributed by atoms with van der Waals surface area (Å²) in [5.41, 5.74) is -1.97. The molecule has 2 rings (SSSR count). The highest BCUT2D eigenvalue weighted by atomic mass is 19.4. The molecule has 1 unspecified atom stereocenters. The topological polar surface area (TPSA) is 49.3 Å². The molecule has 0 radical (unpaired) electrons. The predicted octanol–water partition coefficient (Wildman–Crippen LogP) is 3.66. The largest absolute Gasteiger partial charge is 0.417 e. The summed E-state index contributed by atoms with van der Waals surface area (Å²) in [4.78, 5) is 12.0. The molecule has 0 aliphatic carbocycles. The monoisotopic (exact) mass is 349 g/mol. The van der Waals surface area contributed by atoms with Crippen LogP contribution in [0.25, 0.3) is 5.57 Å². The lowest BCUT2D eigenvalue weighted by Gasteiger charge is -2.24. The molecule has 1 atom stereocenters. The SMILES string of the molecule is CC(O)(CNC(=O)C=C(c1ccccc1)C(F)(F)F)c1ccccc1. The van der Waals surface area contributed by atoms with Crippen LogP contribution in [0.3, 0.4) is 0 Å². The molecule has 0 fully saturated rings. The predicted molar refractivity (Wildman–Crippen MR) is 89.5 cm³/mol. The van der Waals surface area contributed by atoms with Gasteiger partial charge in [-0.15, -0.1) is 0 Å². The van der Waals surface area contributed by atoms with E-state index in [2.05, 4.69) is 5.32 Å². The van der Waals surface area contributed by atoms with Gasteiger partial charge in [-0.25, -0.2) is 0 Å². The smallest absolute Gasteiger partial charge is 0.384 e. The van der Waals surface area contributed by atoms with Gasteiger partial charge in [-0.1, -0.05) is 60.7 Å². The molecule has 0 spiro atoms. The van der Waals surface area contributed by atoms with E-state index < -0.39 is 23.3 Å². The normalized spacial score (nSPS) is 14.7. The number of aliphatic hydroxyl groups is 1. The quantitative estimate of drug-likeness (QED) is 0.810. The fraction of sp³-hybridized carbons (Fsp3) is 0.211. The van der Waals surface area contributed by atoms with E-state index in [1.54, 1.807) is 36.4 Å². The molecule has 6 heteroatoms. The van der Waals surface area contributed by atoms with Gasteiger partial charge in [-0.05, 0) is 18.1 Å². The maximum absolute atomic E-state index is 13.2. The Labute approximate surface area is 143 Å². The van der Waals surface area contributed by atoms with Gasteiger partial charge in [0.25, 0.3) is 0 Å². The Balaban J connectivity index is 2.15. The van der Waals surface area contributed by atoms with Crippen LogP contribution >= 0.6 is 0 Å². The molecule has 1 amide bonds. The van der Waals surface area contributed by atoms with Crippen LogP contribution in [-0.4, -0.2) is 23.7 Å². The molecule has 0 saturated heterocycles. The van der Waals surface area contributed by atoms with Crippen molar-refractivity contribution < 1.29 is 23.1 Å². The minimum Gasteiger partial charge on any atom is -0.384 e. The number of amides is 1. The van der Waals surface area contributed by atoms with Gasteiger partial charge in [0.1, 0.15) is 5.60 Å². The summed E-state index contributed by atoms with van der Waals surface area (Å²) < 4.78 is 39.6. The number of alkyl halides is 3. The molecule has 132 valence electrons. The Morgan fingerprint density at radius 3 is 2.08 bits per heavy atom. The van der Waals surface area contributed by atoms with E-state index in [-0.39, 0.29) is 12.1 Å². The Kier molecular flexibility index (Phi) is 5.64. The van der Waals surface area contributed by atoms with Crippen molar-refractivity contribution in [1.29, 1.82) is 0 Å². The Hall–Kier alpha value is -2.60. The molecule has 3 nitrogen and oxygen atoms in total. The molecule has 0 saturated carbocycles. The van der Waals surface area contributed by atoms with E-state index in [0.29, 0.717) is 11.6 Å². The first kappa shape index (κ1) is 18.7. The second kappa shape index (κ2) is 7.53. The van der Waals surface area contributed by atoms with E-state index in [1.165, 1.54) is 31.2 Å². The van der Waals surface area contributed by atoms with E-state index in [0.717, 1.165) is 0 Å². The van der Waals surface area contributed by atoms with Gasteiger partial charge < -0.3 is 10.4 Å². The highest BCUT2D eigenvalue weighted by molar-refractivity contribution is 5.96. The number of rotatable bonds is 5. The van der Waals surface area contributed by atoms with Gasteiger partial charge in [0.15, 0.2) is 0 Å². The van der Waals surface area contributed by atoms with Crippen LogP contribution in [0.5, 0.6) is 0 Å². The molecule has 25 heavy (non-hydrogen) atoms. The number of hydrogen-bond acceptors (Lipinski definition) is 2. The first-order valence-electron chi connectivity index (χ1n) is 7.60. The average molecular weight is 349 g/mol. The number of allylic oxidation sites excluding steroid dienone is 1. The van der Waals surface area contributed by atoms with Crippen molar-refractivity contribution in [2.45, 2.75) is 18.7 Å². The Morgan fingerprint density at radius 1 is 1.04 bits per heavy atom. The lowest BCUT2D eigenvalue weighted by molar-refractivity contribution is -0.118. The van der Waals surface area contributed by atoms with Crippen LogP contribution in [0.15, 0.2) is 66.7 Å². The van der Waals surface area contributed by atoms with E-state index in [4.69, 9.17) is 0 Å². The van der Waals surface area contributed by atoms with Crippen LogP contribution in [0, 0.1) is 0 Å². The Bertz CT molecular complexity index is 738. The van der Waals surface area contributed by atoms with Gasteiger partial charge >= 0.3 is 6.18 Å². The van der Waals surface area contributed by atoms with Crippen LogP contribution in [0.4, 0.5) is 13.2 Å². The standard InChI is InChI=1S/C19H18F3NO2/c1-18(25,15-10-6-3-7-11-15)13-23-17(24)12-16(19(20,21)22)14-8-4-2-5-9-14/h2-12,25H,13H2,1H3,(H,23,24). The first-order chi connectivity index (χ1) is 11.7. The van der Waals surface area contributed by atoms with Gasteiger partial charge in [-0.2, -0.15) is 13.2 Å². The average Bonchev–Trinajstić information content (AvgIpc) is 2.58. The number of nitrogens with one attached hydrogen (secondary N) is 1. The van der Waals surface area contributed by atoms with E-state index in [1.807, 2.05) is 0 Å². The van der Waals surface area contributed by atoms with Crippen molar-refractivity contribution in [2.24, 2.45) is 0 Å². The highest BCUT2D eigenvalue weighted by Gasteiger charge is 2.35. The highest BCUT2D eigenvalue weighted by Crippen LogP contribution is 2.33. The number of halogens is 3. The van der Waals surface area contributed by atoms with Gasteiger partial charge in [0.05, 0.1) is 12.1 Å². The molecule has 0 heterocycles. The number of hydrogen-bond donors (Lipinski definition) is 2. The van der Waals surface area contributed by atoms with Gasteiger partial charge in [0, 0.05) is 6.08 Å². The summed E-state index contributed by atoms with van der Waals surface area (Å²) in [5.74, 6) is -0.924. The van der Waals surface area contributed by atoms with Crippen LogP contribution in [0.2, 0.25) is 0 Å².